The van der Waals surface area contributed by atoms with Crippen LogP contribution in [-0.2, 0) is 14.6 Å². The molecule has 1 unspecified atom stereocenters. The molecular formula is C15H30IN3O3S. The maximum absolute atomic E-state index is 11.5. The second-order valence-corrected chi connectivity index (χ2v) is 8.62. The van der Waals surface area contributed by atoms with Gasteiger partial charge < -0.3 is 15.4 Å². The van der Waals surface area contributed by atoms with Crippen molar-refractivity contribution in [2.75, 3.05) is 37.8 Å². The fourth-order valence-corrected chi connectivity index (χ4v) is 4.44. The predicted octanol–water partition coefficient (Wildman–Crippen LogP) is 1.55. The Morgan fingerprint density at radius 2 is 2.09 bits per heavy atom. The Hall–Kier alpha value is -0.0900. The second kappa shape index (κ2) is 9.41. The van der Waals surface area contributed by atoms with Crippen molar-refractivity contribution in [1.29, 1.82) is 0 Å². The fraction of sp³-hybridized carbons (Fsp3) is 0.933. The number of rotatable bonds is 8. The zero-order valence-electron chi connectivity index (χ0n) is 14.1. The van der Waals surface area contributed by atoms with E-state index < -0.39 is 9.84 Å². The highest BCUT2D eigenvalue weighted by Crippen LogP contribution is 2.49. The predicted molar refractivity (Wildman–Crippen MR) is 104 cm³/mol. The lowest BCUT2D eigenvalue weighted by Gasteiger charge is -2.18. The monoisotopic (exact) mass is 459 g/mol. The van der Waals surface area contributed by atoms with Gasteiger partial charge in [-0.1, -0.05) is 0 Å². The van der Waals surface area contributed by atoms with Crippen molar-refractivity contribution < 1.29 is 13.2 Å². The van der Waals surface area contributed by atoms with Crippen LogP contribution in [0.1, 0.15) is 39.5 Å². The topological polar surface area (TPSA) is 79.8 Å². The molecule has 0 bridgehead atoms. The van der Waals surface area contributed by atoms with Crippen molar-refractivity contribution in [3.05, 3.63) is 0 Å². The Balaban J connectivity index is 0.00000264. The van der Waals surface area contributed by atoms with E-state index in [2.05, 4.69) is 15.6 Å². The molecule has 23 heavy (non-hydrogen) atoms. The molecule has 2 N–H and O–H groups in total. The quantitative estimate of drug-likeness (QED) is 0.249. The molecule has 1 aliphatic heterocycles. The number of aliphatic imine (C=N–C) groups is 1. The highest BCUT2D eigenvalue weighted by molar-refractivity contribution is 14.0. The van der Waals surface area contributed by atoms with Crippen LogP contribution >= 0.6 is 24.0 Å². The molecule has 6 nitrogen and oxygen atoms in total. The molecule has 0 radical (unpaired) electrons. The first-order valence-electron chi connectivity index (χ1n) is 8.32. The van der Waals surface area contributed by atoms with E-state index in [-0.39, 0.29) is 41.5 Å². The summed E-state index contributed by atoms with van der Waals surface area (Å²) in [6, 6.07) is -0.0126. The minimum absolute atomic E-state index is 0. The van der Waals surface area contributed by atoms with E-state index in [1.54, 1.807) is 0 Å². The SMILES string of the molecule is CCNC(=NCC1(CCOCC)CC1)NC1CCS(=O)(=O)C1.I. The summed E-state index contributed by atoms with van der Waals surface area (Å²) in [7, 11) is -2.86. The van der Waals surface area contributed by atoms with E-state index in [1.807, 2.05) is 13.8 Å². The summed E-state index contributed by atoms with van der Waals surface area (Å²) >= 11 is 0. The van der Waals surface area contributed by atoms with Gasteiger partial charge in [0.1, 0.15) is 0 Å². The van der Waals surface area contributed by atoms with Gasteiger partial charge in [0.2, 0.25) is 0 Å². The second-order valence-electron chi connectivity index (χ2n) is 6.39. The lowest BCUT2D eigenvalue weighted by molar-refractivity contribution is 0.129. The van der Waals surface area contributed by atoms with Gasteiger partial charge in [0.05, 0.1) is 11.5 Å². The van der Waals surface area contributed by atoms with Crippen molar-refractivity contribution in [3.63, 3.8) is 0 Å². The van der Waals surface area contributed by atoms with Crippen molar-refractivity contribution in [1.82, 2.24) is 10.6 Å². The van der Waals surface area contributed by atoms with Crippen LogP contribution in [0.4, 0.5) is 0 Å². The molecule has 8 heteroatoms. The van der Waals surface area contributed by atoms with Crippen molar-refractivity contribution in [2.45, 2.75) is 45.6 Å². The largest absolute Gasteiger partial charge is 0.382 e. The summed E-state index contributed by atoms with van der Waals surface area (Å²) in [6.45, 7) is 7.16. The van der Waals surface area contributed by atoms with Crippen LogP contribution in [0.2, 0.25) is 0 Å². The van der Waals surface area contributed by atoms with E-state index in [0.29, 0.717) is 11.8 Å². The highest BCUT2D eigenvalue weighted by atomic mass is 127. The van der Waals surface area contributed by atoms with E-state index >= 15 is 0 Å². The Morgan fingerprint density at radius 1 is 1.35 bits per heavy atom. The van der Waals surface area contributed by atoms with Gasteiger partial charge in [-0.2, -0.15) is 0 Å². The number of sulfone groups is 1. The first-order valence-corrected chi connectivity index (χ1v) is 10.1. The van der Waals surface area contributed by atoms with Gasteiger partial charge in [-0.3, -0.25) is 4.99 Å². The summed E-state index contributed by atoms with van der Waals surface area (Å²) < 4.78 is 28.5. The zero-order chi connectivity index (χ0) is 16.1. The number of halogens is 1. The number of hydrogen-bond donors (Lipinski definition) is 2. The Morgan fingerprint density at radius 3 is 2.61 bits per heavy atom. The molecule has 0 aromatic carbocycles. The van der Waals surface area contributed by atoms with Gasteiger partial charge in [0.25, 0.3) is 0 Å². The maximum Gasteiger partial charge on any atom is 0.191 e. The van der Waals surface area contributed by atoms with E-state index in [1.165, 1.54) is 12.8 Å². The number of ether oxygens (including phenoxy) is 1. The van der Waals surface area contributed by atoms with Crippen LogP contribution < -0.4 is 10.6 Å². The van der Waals surface area contributed by atoms with Crippen LogP contribution in [0, 0.1) is 5.41 Å². The Kier molecular flexibility index (Phi) is 8.57. The number of hydrogen-bond acceptors (Lipinski definition) is 4. The van der Waals surface area contributed by atoms with Crippen LogP contribution in [0.3, 0.4) is 0 Å². The third-order valence-electron chi connectivity index (χ3n) is 4.43. The molecule has 0 amide bonds. The molecule has 136 valence electrons. The van der Waals surface area contributed by atoms with Gasteiger partial charge in [0.15, 0.2) is 15.8 Å². The van der Waals surface area contributed by atoms with Crippen molar-refractivity contribution >= 4 is 39.8 Å². The summed E-state index contributed by atoms with van der Waals surface area (Å²) in [5.74, 6) is 1.24. The first-order chi connectivity index (χ1) is 10.5. The van der Waals surface area contributed by atoms with Gasteiger partial charge in [0, 0.05) is 32.3 Å². The minimum atomic E-state index is -2.86. The van der Waals surface area contributed by atoms with Gasteiger partial charge in [-0.25, -0.2) is 8.42 Å². The third-order valence-corrected chi connectivity index (χ3v) is 6.20. The standard InChI is InChI=1S/C15H29N3O3S.HI/c1-3-16-14(18-13-5-10-22(19,20)11-13)17-12-15(6-7-15)8-9-21-4-2;/h13H,3-12H2,1-2H3,(H2,16,17,18);1H. The normalized spacial score (nSPS) is 24.8. The van der Waals surface area contributed by atoms with Gasteiger partial charge in [-0.15, -0.1) is 24.0 Å². The van der Waals surface area contributed by atoms with E-state index in [4.69, 9.17) is 4.74 Å². The molecule has 2 fully saturated rings. The number of nitrogens with zero attached hydrogens (tertiary/aromatic N) is 1. The summed E-state index contributed by atoms with van der Waals surface area (Å²) in [5.41, 5.74) is 0.305. The van der Waals surface area contributed by atoms with Crippen molar-refractivity contribution in [3.8, 4) is 0 Å². The molecular weight excluding hydrogens is 429 g/mol. The lowest BCUT2D eigenvalue weighted by Crippen LogP contribution is -2.44. The van der Waals surface area contributed by atoms with Gasteiger partial charge >= 0.3 is 0 Å². The van der Waals surface area contributed by atoms with Crippen LogP contribution in [0.15, 0.2) is 4.99 Å². The Bertz CT molecular complexity index is 492. The number of guanidine groups is 1. The highest BCUT2D eigenvalue weighted by Gasteiger charge is 2.42. The van der Waals surface area contributed by atoms with Crippen LogP contribution in [0.5, 0.6) is 0 Å². The molecule has 0 aromatic heterocycles. The molecule has 1 aliphatic carbocycles. The van der Waals surface area contributed by atoms with Crippen LogP contribution in [-0.4, -0.2) is 58.2 Å². The first kappa shape index (κ1) is 21.0. The molecule has 0 spiro atoms. The minimum Gasteiger partial charge on any atom is -0.382 e. The molecule has 0 aromatic rings. The number of nitrogens with one attached hydrogen (secondary N) is 2. The van der Waals surface area contributed by atoms with Gasteiger partial charge in [-0.05, 0) is 44.9 Å². The molecule has 2 aliphatic rings. The molecule has 1 heterocycles. The average Bonchev–Trinajstić information content (AvgIpc) is 3.15. The summed E-state index contributed by atoms with van der Waals surface area (Å²) in [5, 5.41) is 6.49. The molecule has 2 rings (SSSR count). The smallest absolute Gasteiger partial charge is 0.191 e. The average molecular weight is 459 g/mol. The summed E-state index contributed by atoms with van der Waals surface area (Å²) in [4.78, 5) is 4.68. The summed E-state index contributed by atoms with van der Waals surface area (Å²) in [6.07, 6.45) is 4.14. The third kappa shape index (κ3) is 7.13. The molecule has 1 saturated carbocycles. The zero-order valence-corrected chi connectivity index (χ0v) is 17.3. The fourth-order valence-electron chi connectivity index (χ4n) is 2.77. The Labute approximate surface area is 157 Å². The molecule has 1 saturated heterocycles. The van der Waals surface area contributed by atoms with Crippen molar-refractivity contribution in [2.24, 2.45) is 10.4 Å². The molecule has 1 atom stereocenters. The lowest BCUT2D eigenvalue weighted by atomic mass is 10.0. The van der Waals surface area contributed by atoms with E-state index in [9.17, 15) is 8.42 Å². The van der Waals surface area contributed by atoms with Crippen LogP contribution in [0.25, 0.3) is 0 Å². The maximum atomic E-state index is 11.5. The van der Waals surface area contributed by atoms with E-state index in [0.717, 1.165) is 38.7 Å².